The largest absolute Gasteiger partial charge is 0.301 e. The average molecular weight is 423 g/mol. The normalized spacial score (nSPS) is 12.0. The van der Waals surface area contributed by atoms with Crippen LogP contribution in [0.15, 0.2) is 53.0 Å². The van der Waals surface area contributed by atoms with Gasteiger partial charge in [-0.3, -0.25) is 9.78 Å². The van der Waals surface area contributed by atoms with Gasteiger partial charge in [-0.25, -0.2) is 22.2 Å². The Hall–Kier alpha value is -2.72. The summed E-state index contributed by atoms with van der Waals surface area (Å²) in [6.45, 7) is 2.30. The minimum Gasteiger partial charge on any atom is -0.301 e. The predicted molar refractivity (Wildman–Crippen MR) is 102 cm³/mol. The molecule has 1 N–H and O–H groups in total. The number of nitrogens with zero attached hydrogens (tertiary/aromatic N) is 2. The maximum atomic E-state index is 14.0. The molecule has 10 heteroatoms. The van der Waals surface area contributed by atoms with Crippen molar-refractivity contribution in [2.75, 3.05) is 5.32 Å². The Labute approximate surface area is 164 Å². The molecule has 0 bridgehead atoms. The lowest BCUT2D eigenvalue weighted by Crippen LogP contribution is -2.44. The Morgan fingerprint density at radius 3 is 2.61 bits per heavy atom. The van der Waals surface area contributed by atoms with Gasteiger partial charge in [-0.2, -0.15) is 0 Å². The van der Waals surface area contributed by atoms with Gasteiger partial charge in [-0.15, -0.1) is 11.3 Å². The van der Waals surface area contributed by atoms with Crippen molar-refractivity contribution in [3.8, 4) is 11.3 Å². The summed E-state index contributed by atoms with van der Waals surface area (Å²) in [5.74, 6) is -3.05. The first kappa shape index (κ1) is 20.0. The van der Waals surface area contributed by atoms with E-state index in [1.807, 2.05) is 0 Å². The minimum atomic E-state index is -4.44. The number of hydrogen-bond donors (Lipinski definition) is 1. The van der Waals surface area contributed by atoms with Gasteiger partial charge in [-0.05, 0) is 38.1 Å². The van der Waals surface area contributed by atoms with Gasteiger partial charge in [0.05, 0.1) is 5.69 Å². The van der Waals surface area contributed by atoms with E-state index < -0.39 is 37.0 Å². The second-order valence-electron chi connectivity index (χ2n) is 6.32. The highest BCUT2D eigenvalue weighted by Gasteiger charge is 2.44. The Kier molecular flexibility index (Phi) is 5.26. The summed E-state index contributed by atoms with van der Waals surface area (Å²) in [6.07, 6.45) is 3.22. The van der Waals surface area contributed by atoms with E-state index in [4.69, 9.17) is 0 Å². The quantitative estimate of drug-likeness (QED) is 0.633. The van der Waals surface area contributed by atoms with Crippen molar-refractivity contribution in [2.24, 2.45) is 0 Å². The van der Waals surface area contributed by atoms with Gasteiger partial charge >= 0.3 is 0 Å². The number of nitrogens with one attached hydrogen (secondary N) is 1. The van der Waals surface area contributed by atoms with Crippen LogP contribution in [0.5, 0.6) is 0 Å². The smallest absolute Gasteiger partial charge is 0.247 e. The lowest BCUT2D eigenvalue weighted by molar-refractivity contribution is -0.117. The van der Waals surface area contributed by atoms with E-state index in [-0.39, 0.29) is 5.13 Å². The molecule has 0 aliphatic carbocycles. The third-order valence-electron chi connectivity index (χ3n) is 4.08. The number of pyridine rings is 1. The Balaban J connectivity index is 1.86. The predicted octanol–water partition coefficient (Wildman–Crippen LogP) is 3.67. The van der Waals surface area contributed by atoms with Gasteiger partial charge in [0.25, 0.3) is 0 Å². The SMILES string of the molecule is CC(C)(C(=O)Nc1nc(-c2cccnc2)cs1)S(=O)(=O)c1ccc(F)cc1F. The highest BCUT2D eigenvalue weighted by Crippen LogP contribution is 2.30. The number of benzene rings is 1. The van der Waals surface area contributed by atoms with Crippen molar-refractivity contribution in [1.82, 2.24) is 9.97 Å². The highest BCUT2D eigenvalue weighted by atomic mass is 32.2. The molecule has 0 fully saturated rings. The van der Waals surface area contributed by atoms with Crippen LogP contribution in [0.2, 0.25) is 0 Å². The summed E-state index contributed by atoms with van der Waals surface area (Å²) < 4.78 is 50.7. The lowest BCUT2D eigenvalue weighted by Gasteiger charge is -2.23. The van der Waals surface area contributed by atoms with Gasteiger partial charge in [0, 0.05) is 29.4 Å². The summed E-state index contributed by atoms with van der Waals surface area (Å²) in [4.78, 5) is 20.1. The number of hydrogen-bond acceptors (Lipinski definition) is 6. The number of thiazole rings is 1. The standard InChI is InChI=1S/C18H15F2N3O3S2/c1-18(2,28(25,26)15-6-5-12(19)8-13(15)20)16(24)23-17-22-14(10-27-17)11-4-3-7-21-9-11/h3-10H,1-2H3,(H,22,23,24). The number of anilines is 1. The fourth-order valence-electron chi connectivity index (χ4n) is 2.32. The molecule has 0 aliphatic heterocycles. The number of carbonyl (C=O) groups excluding carboxylic acids is 1. The van der Waals surface area contributed by atoms with Crippen LogP contribution in [0.4, 0.5) is 13.9 Å². The lowest BCUT2D eigenvalue weighted by atomic mass is 10.2. The molecule has 0 aliphatic rings. The molecule has 1 aromatic carbocycles. The molecule has 0 spiro atoms. The fourth-order valence-corrected chi connectivity index (χ4v) is 4.44. The van der Waals surface area contributed by atoms with Crippen LogP contribution < -0.4 is 5.32 Å². The molecule has 2 aromatic heterocycles. The molecule has 0 atom stereocenters. The monoisotopic (exact) mass is 423 g/mol. The van der Waals surface area contributed by atoms with Gasteiger partial charge in [0.15, 0.2) is 15.0 Å². The molecule has 3 aromatic rings. The van der Waals surface area contributed by atoms with E-state index in [9.17, 15) is 22.0 Å². The van der Waals surface area contributed by atoms with Crippen LogP contribution >= 0.6 is 11.3 Å². The molecule has 3 rings (SSSR count). The minimum absolute atomic E-state index is 0.187. The molecule has 0 radical (unpaired) electrons. The summed E-state index contributed by atoms with van der Waals surface area (Å²) in [7, 11) is -4.44. The second-order valence-corrected chi connectivity index (χ2v) is 9.65. The van der Waals surface area contributed by atoms with Crippen LogP contribution in [-0.4, -0.2) is 29.0 Å². The average Bonchev–Trinajstić information content (AvgIpc) is 3.10. The van der Waals surface area contributed by atoms with Crippen LogP contribution in [0.3, 0.4) is 0 Å². The van der Waals surface area contributed by atoms with Crippen molar-refractivity contribution in [1.29, 1.82) is 0 Å². The first-order valence-corrected chi connectivity index (χ1v) is 10.4. The summed E-state index contributed by atoms with van der Waals surface area (Å²) in [5.41, 5.74) is 1.30. The van der Waals surface area contributed by atoms with Crippen LogP contribution in [-0.2, 0) is 14.6 Å². The Bertz CT molecular complexity index is 1130. The van der Waals surface area contributed by atoms with Gasteiger partial charge < -0.3 is 5.32 Å². The maximum Gasteiger partial charge on any atom is 0.247 e. The van der Waals surface area contributed by atoms with Crippen molar-refractivity contribution < 1.29 is 22.0 Å². The van der Waals surface area contributed by atoms with Crippen molar-refractivity contribution in [3.05, 3.63) is 59.7 Å². The van der Waals surface area contributed by atoms with Crippen LogP contribution in [0.25, 0.3) is 11.3 Å². The summed E-state index contributed by atoms with van der Waals surface area (Å²) in [6, 6.07) is 5.62. The van der Waals surface area contributed by atoms with Crippen molar-refractivity contribution >= 4 is 32.2 Å². The first-order valence-electron chi connectivity index (χ1n) is 8.00. The molecule has 0 saturated heterocycles. The van der Waals surface area contributed by atoms with Crippen molar-refractivity contribution in [3.63, 3.8) is 0 Å². The zero-order valence-electron chi connectivity index (χ0n) is 14.8. The number of halogens is 2. The molecule has 6 nitrogen and oxygen atoms in total. The van der Waals surface area contributed by atoms with Gasteiger partial charge in [-0.1, -0.05) is 0 Å². The Morgan fingerprint density at radius 1 is 1.21 bits per heavy atom. The van der Waals surface area contributed by atoms with E-state index in [1.165, 1.54) is 0 Å². The number of rotatable bonds is 5. The van der Waals surface area contributed by atoms with Gasteiger partial charge in [0.1, 0.15) is 21.3 Å². The topological polar surface area (TPSA) is 89.0 Å². The Morgan fingerprint density at radius 2 is 1.96 bits per heavy atom. The van der Waals surface area contributed by atoms with E-state index in [2.05, 4.69) is 15.3 Å². The molecule has 1 amide bonds. The fraction of sp³-hybridized carbons (Fsp3) is 0.167. The van der Waals surface area contributed by atoms with Gasteiger partial charge in [0.2, 0.25) is 5.91 Å². The molecule has 0 unspecified atom stereocenters. The van der Waals surface area contributed by atoms with E-state index >= 15 is 0 Å². The zero-order chi connectivity index (χ0) is 20.5. The van der Waals surface area contributed by atoms with Crippen molar-refractivity contribution in [2.45, 2.75) is 23.5 Å². The van der Waals surface area contributed by atoms with E-state index in [0.717, 1.165) is 42.9 Å². The third-order valence-corrected chi connectivity index (χ3v) is 7.28. The molecular formula is C18H15F2N3O3S2. The molecule has 0 saturated carbocycles. The molecule has 146 valence electrons. The zero-order valence-corrected chi connectivity index (χ0v) is 16.4. The summed E-state index contributed by atoms with van der Waals surface area (Å²) >= 11 is 1.11. The number of carbonyl (C=O) groups is 1. The highest BCUT2D eigenvalue weighted by molar-refractivity contribution is 7.93. The first-order chi connectivity index (χ1) is 13.1. The molecule has 2 heterocycles. The summed E-state index contributed by atoms with van der Waals surface area (Å²) in [5, 5.41) is 4.33. The number of aromatic nitrogens is 2. The molecular weight excluding hydrogens is 408 g/mol. The number of amides is 1. The van der Waals surface area contributed by atoms with Crippen LogP contribution in [0, 0.1) is 11.6 Å². The second kappa shape index (κ2) is 7.36. The van der Waals surface area contributed by atoms with Crippen LogP contribution in [0.1, 0.15) is 13.8 Å². The molecule has 28 heavy (non-hydrogen) atoms. The maximum absolute atomic E-state index is 14.0. The van der Waals surface area contributed by atoms with E-state index in [0.29, 0.717) is 11.8 Å². The third kappa shape index (κ3) is 3.65. The number of sulfone groups is 1. The van der Waals surface area contributed by atoms with E-state index in [1.54, 1.807) is 29.9 Å².